The highest BCUT2D eigenvalue weighted by molar-refractivity contribution is 6.36. The lowest BCUT2D eigenvalue weighted by Crippen LogP contribution is -2.07. The van der Waals surface area contributed by atoms with Gasteiger partial charge < -0.3 is 15.4 Å². The number of para-hydroxylation sites is 1. The van der Waals surface area contributed by atoms with Gasteiger partial charge in [0.2, 0.25) is 17.8 Å². The second-order valence-corrected chi connectivity index (χ2v) is 7.53. The van der Waals surface area contributed by atoms with Gasteiger partial charge in [0.1, 0.15) is 5.75 Å². The Bertz CT molecular complexity index is 1250. The lowest BCUT2D eigenvalue weighted by molar-refractivity contribution is 0.415. The second kappa shape index (κ2) is 10.6. The Kier molecular flexibility index (Phi) is 7.19. The summed E-state index contributed by atoms with van der Waals surface area (Å²) >= 11 is 12.1. The molecule has 1 aromatic heterocycles. The van der Waals surface area contributed by atoms with Crippen molar-refractivity contribution >= 4 is 58.6 Å². The number of hydrazone groups is 1. The van der Waals surface area contributed by atoms with Gasteiger partial charge in [-0.2, -0.15) is 20.1 Å². The highest BCUT2D eigenvalue weighted by Crippen LogP contribution is 2.22. The van der Waals surface area contributed by atoms with Gasteiger partial charge in [0.15, 0.2) is 0 Å². The molecule has 0 fully saturated rings. The van der Waals surface area contributed by atoms with Crippen LogP contribution in [0.25, 0.3) is 0 Å². The number of hydrogen-bond acceptors (Lipinski definition) is 8. The van der Waals surface area contributed by atoms with E-state index < -0.39 is 0 Å². The minimum atomic E-state index is 0.237. The Hall–Kier alpha value is -3.88. The fourth-order valence-corrected chi connectivity index (χ4v) is 3.21. The molecule has 4 aromatic rings. The molecule has 0 saturated carbocycles. The molecule has 33 heavy (non-hydrogen) atoms. The summed E-state index contributed by atoms with van der Waals surface area (Å²) in [5.41, 5.74) is 5.14. The molecule has 0 spiro atoms. The van der Waals surface area contributed by atoms with E-state index >= 15 is 0 Å². The first-order valence-corrected chi connectivity index (χ1v) is 10.6. The molecule has 0 aliphatic rings. The summed E-state index contributed by atoms with van der Waals surface area (Å²) < 4.78 is 5.20. The van der Waals surface area contributed by atoms with Crippen LogP contribution in [0.4, 0.5) is 29.2 Å². The van der Waals surface area contributed by atoms with Crippen LogP contribution in [0, 0.1) is 0 Å². The Morgan fingerprint density at radius 3 is 2.06 bits per heavy atom. The maximum absolute atomic E-state index is 6.19. The number of nitrogens with zero attached hydrogens (tertiary/aromatic N) is 4. The van der Waals surface area contributed by atoms with E-state index in [1.165, 1.54) is 0 Å². The summed E-state index contributed by atoms with van der Waals surface area (Å²) in [4.78, 5) is 13.2. The molecule has 0 amide bonds. The van der Waals surface area contributed by atoms with Crippen LogP contribution >= 0.6 is 23.2 Å². The largest absolute Gasteiger partial charge is 0.497 e. The zero-order valence-electron chi connectivity index (χ0n) is 17.5. The lowest BCUT2D eigenvalue weighted by Gasteiger charge is -2.10. The smallest absolute Gasteiger partial charge is 0.250 e. The molecule has 0 saturated heterocycles. The van der Waals surface area contributed by atoms with Crippen LogP contribution in [0.2, 0.25) is 10.0 Å². The third-order valence-electron chi connectivity index (χ3n) is 4.34. The van der Waals surface area contributed by atoms with Gasteiger partial charge in [-0.15, -0.1) is 0 Å². The molecule has 0 aliphatic carbocycles. The standard InChI is InChI=1S/C23H19Cl2N7O/c1-33-19-11-9-18(10-12-19)28-22-29-21(27-17-5-3-2-4-6-17)30-23(31-22)32-26-14-15-7-8-16(24)13-20(15)25/h2-14H,1H3,(H3,27,28,29,30,31,32)/b26-14+. The van der Waals surface area contributed by atoms with Crippen LogP contribution in [0.1, 0.15) is 5.56 Å². The second-order valence-electron chi connectivity index (χ2n) is 6.69. The van der Waals surface area contributed by atoms with Crippen molar-refractivity contribution in [2.45, 2.75) is 0 Å². The fourth-order valence-electron chi connectivity index (χ4n) is 2.76. The number of hydrogen-bond donors (Lipinski definition) is 3. The zero-order chi connectivity index (χ0) is 23.0. The average molecular weight is 480 g/mol. The van der Waals surface area contributed by atoms with Crippen molar-refractivity contribution in [3.05, 3.63) is 88.4 Å². The van der Waals surface area contributed by atoms with Gasteiger partial charge in [0, 0.05) is 22.0 Å². The summed E-state index contributed by atoms with van der Waals surface area (Å²) in [5, 5.41) is 11.5. The van der Waals surface area contributed by atoms with Crippen LogP contribution < -0.4 is 20.8 Å². The number of benzene rings is 3. The number of ether oxygens (including phenoxy) is 1. The van der Waals surface area contributed by atoms with E-state index in [4.69, 9.17) is 27.9 Å². The number of rotatable bonds is 8. The maximum atomic E-state index is 6.19. The molecule has 8 nitrogen and oxygen atoms in total. The van der Waals surface area contributed by atoms with Crippen molar-refractivity contribution in [3.8, 4) is 5.75 Å². The molecule has 0 radical (unpaired) electrons. The van der Waals surface area contributed by atoms with Gasteiger partial charge in [-0.1, -0.05) is 47.5 Å². The van der Waals surface area contributed by atoms with Crippen LogP contribution in [0.15, 0.2) is 77.9 Å². The summed E-state index contributed by atoms with van der Waals surface area (Å²) in [5.74, 6) is 1.66. The average Bonchev–Trinajstić information content (AvgIpc) is 2.81. The third-order valence-corrected chi connectivity index (χ3v) is 4.90. The van der Waals surface area contributed by atoms with Crippen LogP contribution in [-0.4, -0.2) is 28.3 Å². The predicted octanol–water partition coefficient (Wildman–Crippen LogP) is 6.12. The summed E-state index contributed by atoms with van der Waals surface area (Å²) in [7, 11) is 1.62. The van der Waals surface area contributed by atoms with E-state index in [-0.39, 0.29) is 5.95 Å². The molecule has 166 valence electrons. The third kappa shape index (κ3) is 6.31. The SMILES string of the molecule is COc1ccc(Nc2nc(N/N=C/c3ccc(Cl)cc3Cl)nc(Nc3ccccc3)n2)cc1. The van der Waals surface area contributed by atoms with E-state index in [9.17, 15) is 0 Å². The molecular formula is C23H19Cl2N7O. The summed E-state index contributed by atoms with van der Waals surface area (Å²) in [6.45, 7) is 0. The van der Waals surface area contributed by atoms with Gasteiger partial charge in [-0.05, 0) is 48.5 Å². The minimum Gasteiger partial charge on any atom is -0.497 e. The van der Waals surface area contributed by atoms with E-state index in [2.05, 4.69) is 36.1 Å². The molecule has 4 rings (SSSR count). The summed E-state index contributed by atoms with van der Waals surface area (Å²) in [6.07, 6.45) is 1.56. The number of nitrogens with one attached hydrogen (secondary N) is 3. The molecule has 3 aromatic carbocycles. The molecule has 0 unspecified atom stereocenters. The van der Waals surface area contributed by atoms with Gasteiger partial charge in [-0.3, -0.25) is 0 Å². The van der Waals surface area contributed by atoms with Crippen molar-refractivity contribution < 1.29 is 4.74 Å². The number of halogens is 2. The zero-order valence-corrected chi connectivity index (χ0v) is 19.0. The van der Waals surface area contributed by atoms with Crippen molar-refractivity contribution in [2.24, 2.45) is 5.10 Å². The van der Waals surface area contributed by atoms with Crippen LogP contribution in [0.5, 0.6) is 5.75 Å². The van der Waals surface area contributed by atoms with Crippen molar-refractivity contribution in [1.29, 1.82) is 0 Å². The Morgan fingerprint density at radius 2 is 1.42 bits per heavy atom. The van der Waals surface area contributed by atoms with E-state index in [1.54, 1.807) is 31.5 Å². The highest BCUT2D eigenvalue weighted by Gasteiger charge is 2.08. The normalized spacial score (nSPS) is 10.8. The van der Waals surface area contributed by atoms with Gasteiger partial charge in [0.25, 0.3) is 0 Å². The van der Waals surface area contributed by atoms with Gasteiger partial charge >= 0.3 is 0 Å². The Morgan fingerprint density at radius 1 is 0.788 bits per heavy atom. The molecule has 1 heterocycles. The van der Waals surface area contributed by atoms with Crippen molar-refractivity contribution in [3.63, 3.8) is 0 Å². The van der Waals surface area contributed by atoms with Crippen LogP contribution in [0.3, 0.4) is 0 Å². The molecular weight excluding hydrogens is 461 g/mol. The minimum absolute atomic E-state index is 0.237. The molecule has 0 bridgehead atoms. The van der Waals surface area contributed by atoms with E-state index in [0.29, 0.717) is 27.5 Å². The van der Waals surface area contributed by atoms with Crippen molar-refractivity contribution in [1.82, 2.24) is 15.0 Å². The van der Waals surface area contributed by atoms with E-state index in [0.717, 1.165) is 17.1 Å². The lowest BCUT2D eigenvalue weighted by atomic mass is 10.2. The quantitative estimate of drug-likeness (QED) is 0.207. The molecule has 0 atom stereocenters. The summed E-state index contributed by atoms with van der Waals surface area (Å²) in [6, 6.07) is 22.1. The number of anilines is 5. The predicted molar refractivity (Wildman–Crippen MR) is 134 cm³/mol. The maximum Gasteiger partial charge on any atom is 0.250 e. The number of aromatic nitrogens is 3. The molecule has 0 aliphatic heterocycles. The first kappa shape index (κ1) is 22.3. The monoisotopic (exact) mass is 479 g/mol. The first-order chi connectivity index (χ1) is 16.1. The number of methoxy groups -OCH3 is 1. The van der Waals surface area contributed by atoms with Crippen molar-refractivity contribution in [2.75, 3.05) is 23.2 Å². The van der Waals surface area contributed by atoms with E-state index in [1.807, 2.05) is 54.6 Å². The molecule has 3 N–H and O–H groups in total. The van der Waals surface area contributed by atoms with Gasteiger partial charge in [-0.25, -0.2) is 5.43 Å². The highest BCUT2D eigenvalue weighted by atomic mass is 35.5. The Labute approximate surface area is 200 Å². The first-order valence-electron chi connectivity index (χ1n) is 9.82. The van der Waals surface area contributed by atoms with Crippen LogP contribution in [-0.2, 0) is 0 Å². The Balaban J connectivity index is 1.57. The fraction of sp³-hybridized carbons (Fsp3) is 0.0435. The molecule has 10 heteroatoms. The van der Waals surface area contributed by atoms with Gasteiger partial charge in [0.05, 0.1) is 18.3 Å². The topological polar surface area (TPSA) is 96.4 Å².